The number of thiazole rings is 1. The van der Waals surface area contributed by atoms with Gasteiger partial charge in [0.15, 0.2) is 5.82 Å². The molecule has 0 radical (unpaired) electrons. The summed E-state index contributed by atoms with van der Waals surface area (Å²) in [5, 5.41) is 1.95. The van der Waals surface area contributed by atoms with Crippen LogP contribution >= 0.6 is 11.3 Å². The van der Waals surface area contributed by atoms with Crippen molar-refractivity contribution in [2.24, 2.45) is 5.73 Å². The first-order valence-corrected chi connectivity index (χ1v) is 5.67. The number of hydrogen-bond acceptors (Lipinski definition) is 5. The van der Waals surface area contributed by atoms with Gasteiger partial charge < -0.3 is 5.73 Å². The summed E-state index contributed by atoms with van der Waals surface area (Å²) in [7, 11) is 0. The minimum Gasteiger partial charge on any atom is -0.330 e. The molecule has 5 heteroatoms. The molecule has 4 nitrogen and oxygen atoms in total. The van der Waals surface area contributed by atoms with E-state index in [1.807, 2.05) is 18.4 Å². The van der Waals surface area contributed by atoms with E-state index < -0.39 is 0 Å². The second-order valence-electron chi connectivity index (χ2n) is 3.24. The van der Waals surface area contributed by atoms with Gasteiger partial charge in [-0.05, 0) is 19.5 Å². The van der Waals surface area contributed by atoms with Crippen LogP contribution in [0.3, 0.4) is 0 Å². The zero-order valence-electron chi connectivity index (χ0n) is 8.47. The van der Waals surface area contributed by atoms with Crippen LogP contribution in [0.4, 0.5) is 0 Å². The molecule has 0 spiro atoms. The number of nitrogens with zero attached hydrogens (tertiary/aromatic N) is 3. The lowest BCUT2D eigenvalue weighted by molar-refractivity contribution is 0.903. The van der Waals surface area contributed by atoms with Gasteiger partial charge in [-0.1, -0.05) is 0 Å². The molecule has 0 saturated heterocycles. The first-order valence-electron chi connectivity index (χ1n) is 4.73. The van der Waals surface area contributed by atoms with Crippen molar-refractivity contribution in [3.63, 3.8) is 0 Å². The van der Waals surface area contributed by atoms with Crippen molar-refractivity contribution in [1.29, 1.82) is 0 Å². The van der Waals surface area contributed by atoms with E-state index in [-0.39, 0.29) is 0 Å². The van der Waals surface area contributed by atoms with Crippen LogP contribution in [-0.4, -0.2) is 21.5 Å². The largest absolute Gasteiger partial charge is 0.330 e. The Balaban J connectivity index is 2.40. The summed E-state index contributed by atoms with van der Waals surface area (Å²) >= 11 is 1.54. The highest BCUT2D eigenvalue weighted by Gasteiger charge is 2.05. The Morgan fingerprint density at radius 1 is 1.40 bits per heavy atom. The van der Waals surface area contributed by atoms with E-state index >= 15 is 0 Å². The maximum absolute atomic E-state index is 5.51. The van der Waals surface area contributed by atoms with Gasteiger partial charge in [-0.3, -0.25) is 0 Å². The van der Waals surface area contributed by atoms with Crippen molar-refractivity contribution in [3.8, 4) is 11.5 Å². The van der Waals surface area contributed by atoms with Gasteiger partial charge in [0.05, 0.1) is 5.51 Å². The highest BCUT2D eigenvalue weighted by Crippen LogP contribution is 2.15. The van der Waals surface area contributed by atoms with E-state index in [1.54, 1.807) is 16.8 Å². The number of rotatable bonds is 3. The van der Waals surface area contributed by atoms with Gasteiger partial charge in [0.25, 0.3) is 0 Å². The zero-order valence-corrected chi connectivity index (χ0v) is 9.29. The molecule has 0 unspecified atom stereocenters. The molecule has 0 amide bonds. The highest BCUT2D eigenvalue weighted by molar-refractivity contribution is 7.07. The van der Waals surface area contributed by atoms with Crippen LogP contribution < -0.4 is 5.73 Å². The standard InChI is InChI=1S/C10H12N4S/c1-7-4-8(2-3-11)14-10(13-7)9-5-15-6-12-9/h4-6H,2-3,11H2,1H3. The van der Waals surface area contributed by atoms with Gasteiger partial charge in [0.1, 0.15) is 5.69 Å². The van der Waals surface area contributed by atoms with Crippen molar-refractivity contribution in [2.75, 3.05) is 6.54 Å². The predicted molar refractivity (Wildman–Crippen MR) is 60.6 cm³/mol. The Hall–Kier alpha value is -1.33. The van der Waals surface area contributed by atoms with Crippen LogP contribution in [0.25, 0.3) is 11.5 Å². The third kappa shape index (κ3) is 2.37. The Labute approximate surface area is 92.2 Å². The van der Waals surface area contributed by atoms with Crippen molar-refractivity contribution in [3.05, 3.63) is 28.3 Å². The van der Waals surface area contributed by atoms with E-state index in [1.165, 1.54) is 0 Å². The molecule has 0 aliphatic rings. The van der Waals surface area contributed by atoms with Gasteiger partial charge >= 0.3 is 0 Å². The number of aromatic nitrogens is 3. The second-order valence-corrected chi connectivity index (χ2v) is 3.96. The van der Waals surface area contributed by atoms with E-state index in [9.17, 15) is 0 Å². The molecule has 0 fully saturated rings. The van der Waals surface area contributed by atoms with Gasteiger partial charge in [-0.2, -0.15) is 0 Å². The first-order chi connectivity index (χ1) is 7.29. The molecule has 2 aromatic rings. The SMILES string of the molecule is Cc1cc(CCN)nc(-c2cscn2)n1. The molecule has 0 aromatic carbocycles. The monoisotopic (exact) mass is 220 g/mol. The Kier molecular flexibility index (Phi) is 3.03. The molecule has 2 N–H and O–H groups in total. The lowest BCUT2D eigenvalue weighted by Crippen LogP contribution is -2.06. The van der Waals surface area contributed by atoms with E-state index in [2.05, 4.69) is 15.0 Å². The summed E-state index contributed by atoms with van der Waals surface area (Å²) in [6, 6.07) is 1.96. The van der Waals surface area contributed by atoms with Gasteiger partial charge in [0, 0.05) is 23.2 Å². The summed E-state index contributed by atoms with van der Waals surface area (Å²) in [5.41, 5.74) is 10.1. The van der Waals surface area contributed by atoms with Gasteiger partial charge in [-0.25, -0.2) is 15.0 Å². The molecule has 0 aliphatic carbocycles. The van der Waals surface area contributed by atoms with E-state index in [0.29, 0.717) is 12.4 Å². The number of aryl methyl sites for hydroxylation is 1. The summed E-state index contributed by atoms with van der Waals surface area (Å²) in [4.78, 5) is 13.0. The highest BCUT2D eigenvalue weighted by atomic mass is 32.1. The van der Waals surface area contributed by atoms with Crippen LogP contribution in [0, 0.1) is 6.92 Å². The molecule has 78 valence electrons. The molecule has 0 aliphatic heterocycles. The summed E-state index contributed by atoms with van der Waals surface area (Å²) in [6.45, 7) is 2.56. The van der Waals surface area contributed by atoms with E-state index in [0.717, 1.165) is 23.5 Å². The smallest absolute Gasteiger partial charge is 0.179 e. The Morgan fingerprint density at radius 2 is 2.27 bits per heavy atom. The predicted octanol–water partition coefficient (Wildman–Crippen LogP) is 1.41. The Morgan fingerprint density at radius 3 is 2.93 bits per heavy atom. The minimum atomic E-state index is 0.604. The fourth-order valence-corrected chi connectivity index (χ4v) is 1.88. The van der Waals surface area contributed by atoms with Crippen molar-refractivity contribution in [2.45, 2.75) is 13.3 Å². The topological polar surface area (TPSA) is 64.7 Å². The van der Waals surface area contributed by atoms with Crippen molar-refractivity contribution >= 4 is 11.3 Å². The van der Waals surface area contributed by atoms with Crippen molar-refractivity contribution in [1.82, 2.24) is 15.0 Å². The normalized spacial score (nSPS) is 10.5. The van der Waals surface area contributed by atoms with Crippen LogP contribution in [0.15, 0.2) is 17.0 Å². The quantitative estimate of drug-likeness (QED) is 0.849. The van der Waals surface area contributed by atoms with Crippen LogP contribution in [0.2, 0.25) is 0 Å². The fourth-order valence-electron chi connectivity index (χ4n) is 1.35. The average Bonchev–Trinajstić information content (AvgIpc) is 2.70. The summed E-state index contributed by atoms with van der Waals surface area (Å²) in [6.07, 6.45) is 0.778. The fraction of sp³-hybridized carbons (Fsp3) is 0.300. The van der Waals surface area contributed by atoms with Crippen LogP contribution in [0.5, 0.6) is 0 Å². The first kappa shape index (κ1) is 10.2. The molecule has 0 atom stereocenters. The maximum Gasteiger partial charge on any atom is 0.179 e. The number of hydrogen-bond donors (Lipinski definition) is 1. The maximum atomic E-state index is 5.51. The second kappa shape index (κ2) is 4.46. The van der Waals surface area contributed by atoms with Gasteiger partial charge in [-0.15, -0.1) is 11.3 Å². The lowest BCUT2D eigenvalue weighted by atomic mass is 10.2. The molecule has 2 aromatic heterocycles. The third-order valence-corrected chi connectivity index (χ3v) is 2.56. The summed E-state index contributed by atoms with van der Waals surface area (Å²) < 4.78 is 0. The molecule has 0 bridgehead atoms. The Bertz CT molecular complexity index is 439. The van der Waals surface area contributed by atoms with Crippen LogP contribution in [-0.2, 0) is 6.42 Å². The lowest BCUT2D eigenvalue weighted by Gasteiger charge is -2.02. The molecule has 0 saturated carbocycles. The molecular formula is C10H12N4S. The molecule has 15 heavy (non-hydrogen) atoms. The zero-order chi connectivity index (χ0) is 10.7. The van der Waals surface area contributed by atoms with Crippen LogP contribution in [0.1, 0.15) is 11.4 Å². The minimum absolute atomic E-state index is 0.604. The third-order valence-electron chi connectivity index (χ3n) is 1.97. The average molecular weight is 220 g/mol. The number of nitrogens with two attached hydrogens (primary N) is 1. The van der Waals surface area contributed by atoms with Gasteiger partial charge in [0.2, 0.25) is 0 Å². The summed E-state index contributed by atoms with van der Waals surface area (Å²) in [5.74, 6) is 0.694. The molecule has 2 heterocycles. The van der Waals surface area contributed by atoms with Crippen molar-refractivity contribution < 1.29 is 0 Å². The molecular weight excluding hydrogens is 208 g/mol. The van der Waals surface area contributed by atoms with E-state index in [4.69, 9.17) is 5.73 Å². The molecule has 2 rings (SSSR count).